The molecule has 1 heteroatoms. The van der Waals surface area contributed by atoms with E-state index in [1.165, 1.54) is 60.9 Å². The Bertz CT molecular complexity index is 1990. The van der Waals surface area contributed by atoms with Crippen LogP contribution in [-0.4, -0.2) is 0 Å². The number of aryl methyl sites for hydroxylation is 1. The molecule has 0 saturated carbocycles. The number of allylic oxidation sites excluding steroid dienone is 1. The summed E-state index contributed by atoms with van der Waals surface area (Å²) in [5, 5.41) is 8.11. The van der Waals surface area contributed by atoms with Gasteiger partial charge in [0.05, 0.1) is 0 Å². The number of fused-ring (bicyclic) bond motifs is 5. The zero-order chi connectivity index (χ0) is 31.2. The molecule has 0 N–H and O–H groups in total. The van der Waals surface area contributed by atoms with Crippen LogP contribution >= 0.6 is 0 Å². The fourth-order valence-electron chi connectivity index (χ4n) is 8.19. The third-order valence-corrected chi connectivity index (χ3v) is 16.6. The van der Waals surface area contributed by atoms with Crippen LogP contribution in [-0.2, 0) is 33.8 Å². The summed E-state index contributed by atoms with van der Waals surface area (Å²) in [6.45, 7) is 16.5. The van der Waals surface area contributed by atoms with E-state index in [4.69, 9.17) is 0 Å². The van der Waals surface area contributed by atoms with E-state index >= 15 is 0 Å². The summed E-state index contributed by atoms with van der Waals surface area (Å²) in [4.78, 5) is 0. The Labute approximate surface area is 268 Å². The van der Waals surface area contributed by atoms with Gasteiger partial charge in [0, 0.05) is 0 Å². The Morgan fingerprint density at radius 2 is 1.48 bits per heavy atom. The van der Waals surface area contributed by atoms with Crippen molar-refractivity contribution < 1.29 is 16.6 Å². The SMILES string of the molecule is Cc1cccc2ccc(C3=Cc4ccccc4[CH]3[Ti]([CH3])([CH3])[c]3c(C(C)(C)C)ccc4c3Cc3ccc(C(C)(C)C)cc3-4)cc12. The van der Waals surface area contributed by atoms with E-state index in [0.717, 1.165) is 6.42 Å². The van der Waals surface area contributed by atoms with Crippen molar-refractivity contribution in [3.8, 4) is 11.1 Å². The zero-order valence-electron chi connectivity index (χ0n) is 28.0. The van der Waals surface area contributed by atoms with E-state index in [9.17, 15) is 0 Å². The van der Waals surface area contributed by atoms with Crippen LogP contribution in [0.25, 0.3) is 33.5 Å². The summed E-state index contributed by atoms with van der Waals surface area (Å²) >= 11 is -2.91. The Hall–Kier alpha value is -3.19. The van der Waals surface area contributed by atoms with Gasteiger partial charge < -0.3 is 0 Å². The molecule has 1 unspecified atom stereocenters. The second-order valence-corrected chi connectivity index (χ2v) is 23.0. The molecule has 44 heavy (non-hydrogen) atoms. The van der Waals surface area contributed by atoms with Gasteiger partial charge in [-0.05, 0) is 0 Å². The van der Waals surface area contributed by atoms with Gasteiger partial charge in [0.15, 0.2) is 0 Å². The molecule has 0 nitrogen and oxygen atoms in total. The topological polar surface area (TPSA) is 0 Å². The first-order valence-corrected chi connectivity index (χ1v) is 21.2. The molecule has 0 radical (unpaired) electrons. The van der Waals surface area contributed by atoms with E-state index in [0.29, 0.717) is 4.22 Å². The van der Waals surface area contributed by atoms with Crippen LogP contribution < -0.4 is 3.87 Å². The minimum atomic E-state index is -2.91. The summed E-state index contributed by atoms with van der Waals surface area (Å²) in [5.41, 5.74) is 16.4. The van der Waals surface area contributed by atoms with Crippen molar-refractivity contribution in [1.82, 2.24) is 0 Å². The minimum absolute atomic E-state index is 0.0697. The van der Waals surface area contributed by atoms with Crippen molar-refractivity contribution in [3.05, 3.63) is 136 Å². The van der Waals surface area contributed by atoms with Crippen molar-refractivity contribution in [1.29, 1.82) is 0 Å². The van der Waals surface area contributed by atoms with E-state index in [1.807, 2.05) is 0 Å². The molecular weight excluding hydrogens is 564 g/mol. The average molecular weight is 611 g/mol. The Morgan fingerprint density at radius 1 is 0.705 bits per heavy atom. The van der Waals surface area contributed by atoms with Gasteiger partial charge in [0.2, 0.25) is 0 Å². The predicted molar refractivity (Wildman–Crippen MR) is 189 cm³/mol. The van der Waals surface area contributed by atoms with Crippen molar-refractivity contribution in [3.63, 3.8) is 0 Å². The van der Waals surface area contributed by atoms with Gasteiger partial charge in [-0.2, -0.15) is 0 Å². The number of rotatable bonds is 3. The van der Waals surface area contributed by atoms with Crippen molar-refractivity contribution >= 4 is 26.3 Å². The first kappa shape index (κ1) is 29.5. The average Bonchev–Trinajstić information content (AvgIpc) is 3.54. The first-order chi connectivity index (χ1) is 20.7. The molecule has 0 bridgehead atoms. The maximum atomic E-state index is 2.71. The molecule has 0 aromatic heterocycles. The Morgan fingerprint density at radius 3 is 2.23 bits per heavy atom. The first-order valence-electron chi connectivity index (χ1n) is 16.4. The number of benzene rings is 5. The van der Waals surface area contributed by atoms with Crippen LogP contribution in [0.5, 0.6) is 0 Å². The zero-order valence-corrected chi connectivity index (χ0v) is 29.6. The van der Waals surface area contributed by atoms with E-state index in [1.54, 1.807) is 15.0 Å². The summed E-state index contributed by atoms with van der Waals surface area (Å²) in [6, 6.07) is 35.3. The third kappa shape index (κ3) is 4.69. The molecule has 5 aromatic rings. The molecule has 7 rings (SSSR count). The maximum absolute atomic E-state index is 2.91. The number of hydrogen-bond donors (Lipinski definition) is 0. The molecule has 0 heterocycles. The van der Waals surface area contributed by atoms with Gasteiger partial charge in [-0.1, -0.05) is 0 Å². The molecule has 0 saturated heterocycles. The quantitative estimate of drug-likeness (QED) is 0.175. The molecule has 2 aliphatic carbocycles. The summed E-state index contributed by atoms with van der Waals surface area (Å²) in [5.74, 6) is 0. The molecule has 5 aromatic carbocycles. The number of hydrogen-bond acceptors (Lipinski definition) is 0. The van der Waals surface area contributed by atoms with Crippen molar-refractivity contribution in [2.75, 3.05) is 0 Å². The monoisotopic (exact) mass is 610 g/mol. The fourth-order valence-corrected chi connectivity index (χ4v) is 15.2. The molecule has 0 spiro atoms. The van der Waals surface area contributed by atoms with E-state index < -0.39 is 16.6 Å². The van der Waals surface area contributed by atoms with Gasteiger partial charge >= 0.3 is 270 Å². The van der Waals surface area contributed by atoms with Crippen LogP contribution in [0, 0.1) is 6.92 Å². The third-order valence-electron chi connectivity index (χ3n) is 10.5. The standard InChI is InChI=1S/C21H25.C20H15.2CH3.Ti/c1-20(2,3)16-9-10-18-15(12-16)11-14-7-8-17(13-19(14)18)21(4,5)6;1-14-5-4-8-15-9-10-18(13-20(14)15)19-11-16-6-2-3-7-17(16)12-19;;;/h7-10,13H,11H2,1-6H3;2-13H,1H3;2*1H3;. The van der Waals surface area contributed by atoms with Gasteiger partial charge in [0.25, 0.3) is 0 Å². The van der Waals surface area contributed by atoms with Crippen LogP contribution in [0.4, 0.5) is 0 Å². The fraction of sp³-hybridized carbons (Fsp3) is 0.302. The van der Waals surface area contributed by atoms with E-state index in [2.05, 4.69) is 156 Å². The van der Waals surface area contributed by atoms with Gasteiger partial charge in [-0.15, -0.1) is 0 Å². The molecule has 1 atom stereocenters. The van der Waals surface area contributed by atoms with Crippen molar-refractivity contribution in [2.45, 2.75) is 80.4 Å². The second-order valence-electron chi connectivity index (χ2n) is 16.0. The summed E-state index contributed by atoms with van der Waals surface area (Å²) < 4.78 is 2.15. The van der Waals surface area contributed by atoms with Crippen LogP contribution in [0.15, 0.2) is 91.0 Å². The normalized spacial score (nSPS) is 16.1. The molecule has 0 fully saturated rings. The van der Waals surface area contributed by atoms with Gasteiger partial charge in [0.1, 0.15) is 0 Å². The Balaban J connectivity index is 1.46. The van der Waals surface area contributed by atoms with Crippen LogP contribution in [0.3, 0.4) is 0 Å². The second kappa shape index (κ2) is 10.2. The van der Waals surface area contributed by atoms with Crippen molar-refractivity contribution in [2.24, 2.45) is 0 Å². The molecular formula is C43H46Ti. The summed E-state index contributed by atoms with van der Waals surface area (Å²) in [6.07, 6.45) is 3.57. The van der Waals surface area contributed by atoms with Gasteiger partial charge in [-0.3, -0.25) is 0 Å². The predicted octanol–water partition coefficient (Wildman–Crippen LogP) is 11.5. The van der Waals surface area contributed by atoms with Crippen LogP contribution in [0.1, 0.15) is 90.3 Å². The van der Waals surface area contributed by atoms with E-state index in [-0.39, 0.29) is 10.8 Å². The Kier molecular flexibility index (Phi) is 6.82. The molecule has 222 valence electrons. The van der Waals surface area contributed by atoms with Gasteiger partial charge in [-0.25, -0.2) is 0 Å². The molecule has 0 aliphatic heterocycles. The van der Waals surface area contributed by atoms with Crippen LogP contribution in [0.2, 0.25) is 10.5 Å². The molecule has 2 aliphatic rings. The summed E-state index contributed by atoms with van der Waals surface area (Å²) in [7, 11) is 0. The molecule has 0 amide bonds.